The highest BCUT2D eigenvalue weighted by atomic mass is 16.5. The number of aliphatic hydroxyl groups is 2. The van der Waals surface area contributed by atoms with E-state index in [0.29, 0.717) is 46.5 Å². The number of fused-ring (bicyclic) bond motifs is 21. The van der Waals surface area contributed by atoms with E-state index in [-0.39, 0.29) is 116 Å². The van der Waals surface area contributed by atoms with Crippen molar-refractivity contribution in [3.8, 4) is 0 Å². The average molecular weight is 1500 g/mol. The Bertz CT molecular complexity index is 4500. The first-order valence-electron chi connectivity index (χ1n) is 42.9. The molecule has 1 heterocycles. The van der Waals surface area contributed by atoms with Gasteiger partial charge in [0.15, 0.2) is 17.3 Å². The van der Waals surface area contributed by atoms with Crippen LogP contribution in [0, 0.1) is 99.0 Å². The Morgan fingerprint density at radius 1 is 0.436 bits per heavy atom. The van der Waals surface area contributed by atoms with Crippen molar-refractivity contribution in [3.05, 3.63) is 139 Å². The van der Waals surface area contributed by atoms with E-state index >= 15 is 0 Å². The van der Waals surface area contributed by atoms with Crippen LogP contribution in [0.2, 0.25) is 0 Å². The van der Waals surface area contributed by atoms with Gasteiger partial charge in [-0.1, -0.05) is 157 Å². The van der Waals surface area contributed by atoms with Crippen LogP contribution in [0.3, 0.4) is 0 Å². The van der Waals surface area contributed by atoms with Crippen molar-refractivity contribution in [2.24, 2.45) is 99.0 Å². The summed E-state index contributed by atoms with van der Waals surface area (Å²) in [5.41, 5.74) is 12.4. The normalized spacial score (nSPS) is 44.1. The zero-order valence-electron chi connectivity index (χ0n) is 71.6. The number of amides is 2. The van der Waals surface area contributed by atoms with E-state index in [1.807, 2.05) is 32.7 Å². The van der Waals surface area contributed by atoms with Crippen LogP contribution in [0.15, 0.2) is 139 Å². The first-order valence-corrected chi connectivity index (χ1v) is 42.9. The van der Waals surface area contributed by atoms with Gasteiger partial charge in [-0.3, -0.25) is 33.6 Å². The van der Waals surface area contributed by atoms with E-state index in [9.17, 15) is 43.8 Å². The molecule has 16 rings (SSSR count). The number of esters is 1. The monoisotopic (exact) mass is 1500 g/mol. The van der Waals surface area contributed by atoms with Gasteiger partial charge in [0, 0.05) is 82.8 Å². The molecule has 15 aliphatic carbocycles. The number of piperidine rings is 1. The van der Waals surface area contributed by atoms with Gasteiger partial charge in [-0.15, -0.1) is 0 Å². The molecule has 1 saturated heterocycles. The Morgan fingerprint density at radius 2 is 0.773 bits per heavy atom. The Morgan fingerprint density at radius 3 is 1.15 bits per heavy atom. The molecule has 10 fully saturated rings. The summed E-state index contributed by atoms with van der Waals surface area (Å²) in [6, 6.07) is 0. The lowest BCUT2D eigenvalue weighted by Crippen LogP contribution is -2.62. The molecule has 12 heteroatoms. The number of Topliss-reactive ketones (excluding diaryl/α,β-unsaturated/α-hetero) is 1. The molecule has 12 nitrogen and oxygen atoms in total. The molecule has 16 aliphatic rings. The first kappa shape index (κ1) is 80.2. The van der Waals surface area contributed by atoms with E-state index in [2.05, 4.69) is 152 Å². The molecular weight excluding hydrogens is 1370 g/mol. The lowest BCUT2D eigenvalue weighted by molar-refractivity contribution is -0.175. The molecule has 0 aromatic heterocycles. The molecule has 0 aromatic carbocycles. The Balaban J connectivity index is 0.000000138. The number of allylic oxidation sites excluding steroid dienone is 21. The molecule has 0 bridgehead atoms. The number of nitrogens with zero attached hydrogens (tertiary/aromatic N) is 2. The first-order chi connectivity index (χ1) is 51.1. The van der Waals surface area contributed by atoms with Gasteiger partial charge in [-0.25, -0.2) is 0 Å². The largest absolute Gasteiger partial charge is 0.504 e. The highest BCUT2D eigenvalue weighted by Crippen LogP contribution is 2.80. The minimum absolute atomic E-state index is 0.000370. The molecule has 0 radical (unpaired) electrons. The fraction of sp³-hybridized carbons (Fsp3) is 0.684. The molecule has 596 valence electrons. The Labute approximate surface area is 659 Å². The van der Waals surface area contributed by atoms with E-state index in [0.717, 1.165) is 187 Å². The van der Waals surface area contributed by atoms with Crippen molar-refractivity contribution >= 4 is 40.9 Å². The molecule has 1 aliphatic heterocycles. The molecule has 18 atom stereocenters. The number of rotatable bonds is 5. The molecule has 0 spiro atoms. The predicted octanol–water partition coefficient (Wildman–Crippen LogP) is 21.9. The zero-order chi connectivity index (χ0) is 80.3. The molecule has 9 saturated carbocycles. The summed E-state index contributed by atoms with van der Waals surface area (Å²) in [7, 11) is 1.95. The van der Waals surface area contributed by atoms with Crippen molar-refractivity contribution in [2.75, 3.05) is 26.7 Å². The number of hydrogen-bond donors (Lipinski definition) is 2. The van der Waals surface area contributed by atoms with Gasteiger partial charge in [0.1, 0.15) is 5.78 Å². The van der Waals surface area contributed by atoms with Crippen LogP contribution in [0.25, 0.3) is 0 Å². The predicted molar refractivity (Wildman–Crippen MR) is 436 cm³/mol. The number of ketones is 4. The quantitative estimate of drug-likeness (QED) is 0.252. The maximum atomic E-state index is 14.0. The van der Waals surface area contributed by atoms with Crippen LogP contribution in [0.5, 0.6) is 0 Å². The smallest absolute Gasteiger partial charge is 0.308 e. The van der Waals surface area contributed by atoms with E-state index in [1.54, 1.807) is 25.2 Å². The highest BCUT2D eigenvalue weighted by molar-refractivity contribution is 6.09. The zero-order valence-corrected chi connectivity index (χ0v) is 71.6. The number of likely N-dealkylation sites (tertiary alicyclic amines) is 1. The second-order valence-corrected chi connectivity index (χ2v) is 42.6. The van der Waals surface area contributed by atoms with Gasteiger partial charge in [0.05, 0.1) is 0 Å². The van der Waals surface area contributed by atoms with Crippen molar-refractivity contribution in [1.82, 2.24) is 9.80 Å². The highest BCUT2D eigenvalue weighted by Gasteiger charge is 2.72. The molecule has 110 heavy (non-hydrogen) atoms. The molecular formula is C98H134N2O10. The minimum atomic E-state index is -0.468. The summed E-state index contributed by atoms with van der Waals surface area (Å²) < 4.78 is 5.32. The Hall–Kier alpha value is -6.43. The van der Waals surface area contributed by atoms with Gasteiger partial charge in [0.25, 0.3) is 0 Å². The summed E-state index contributed by atoms with van der Waals surface area (Å²) in [5.74, 6) is 1.23. The van der Waals surface area contributed by atoms with Gasteiger partial charge >= 0.3 is 5.97 Å². The summed E-state index contributed by atoms with van der Waals surface area (Å²) in [6.45, 7) is 49.6. The van der Waals surface area contributed by atoms with Crippen molar-refractivity contribution in [1.29, 1.82) is 0 Å². The van der Waals surface area contributed by atoms with Crippen LogP contribution >= 0.6 is 0 Å². The van der Waals surface area contributed by atoms with Crippen LogP contribution in [0.4, 0.5) is 0 Å². The third-order valence-electron chi connectivity index (χ3n) is 37.2. The summed E-state index contributed by atoms with van der Waals surface area (Å²) >= 11 is 0. The maximum absolute atomic E-state index is 14.0. The molecule has 2 amide bonds. The minimum Gasteiger partial charge on any atom is -0.504 e. The topological polar surface area (TPSA) is 176 Å². The van der Waals surface area contributed by atoms with Gasteiger partial charge in [-0.2, -0.15) is 0 Å². The number of carbonyl (C=O) groups is 7. The second kappa shape index (κ2) is 26.0. The summed E-state index contributed by atoms with van der Waals surface area (Å²) in [4.78, 5) is 94.5. The molecule has 2 N–H and O–H groups in total. The van der Waals surface area contributed by atoms with Crippen molar-refractivity contribution in [2.45, 2.75) is 299 Å². The lowest BCUT2D eigenvalue weighted by Gasteiger charge is -2.70. The maximum Gasteiger partial charge on any atom is 0.308 e. The number of aliphatic hydroxyl groups excluding tert-OH is 2. The third kappa shape index (κ3) is 11.1. The third-order valence-corrected chi connectivity index (χ3v) is 37.2. The Kier molecular flexibility index (Phi) is 19.0. The van der Waals surface area contributed by atoms with Gasteiger partial charge in [0.2, 0.25) is 29.2 Å². The summed E-state index contributed by atoms with van der Waals surface area (Å²) in [5, 5.41) is 20.7. The molecule has 0 unspecified atom stereocenters. The van der Waals surface area contributed by atoms with E-state index in [1.165, 1.54) is 49.3 Å². The molecule has 0 aromatic rings. The lowest BCUT2D eigenvalue weighted by atomic mass is 9.34. The fourth-order valence-corrected chi connectivity index (χ4v) is 28.4. The number of carbonyl (C=O) groups excluding carboxylic acids is 7. The SMILES string of the molecule is CC(=O)OC1=C(C)C2=CC=C3[C@@](C)(CC[C@@]4(C)[C@@H]5C[C@](C)(C(C)=O)CC[C@]5(C)CC[C@]34C)C2=CC1=O.CC1=C(O)C(=O)C=C2C1=CC=C1[C@@]2(C)CC[C@@]2(C)[C@@H]3C[C@](C)(C(=O)N4CCCCC4)CC[C@]3(C)CC[C@]12C.CCN(C)C(=O)[C@]1(C)CC[C@]2(C)CC[C@]3(C)C4=CC=C5C(=CC(=O)C(O)=C5C)[C@]4(C)CC[C@@]3(C)[C@@H]2C1. The fourth-order valence-electron chi connectivity index (χ4n) is 28.4. The standard InChI is InChI=1S/C34H47NO3.C32H45NO3.C32H42O4/c1-22-23-10-11-26-32(4,24(23)20-25(36)28(22)37)15-17-34(6)27-21-31(3,29(38)35-18-8-7-9-19-35)13-12-30(27,2)14-16-33(26,34)5;1-9-33(8)27(36)29(4)13-12-28(3)14-16-31(6)24-11-10-21-20(2)26(35)23(34)18-22(21)30(24,5)15-17-32(31,7)25(28)19-29;1-19-22-9-10-25-30(6,23(22)17-24(35)27(19)36-21(3)34)14-16-32(8)26-18-29(5,20(2)33)12-11-28(26,4)13-15-31(25,32)7/h10-11,20,27,37H,7-9,12-19,21H2,1-6H3;10-11,18,25,35H,9,12-17,19H2,1-8H3;9-10,17,26H,11-16,18H2,1-8H3/t27-,30-,31-,32+,33-,34+;25-,28-,29-,30+,31-,32+;26-,28-,29-,30+,31-,32+/m111/s1. The van der Waals surface area contributed by atoms with Crippen LogP contribution in [0.1, 0.15) is 299 Å². The van der Waals surface area contributed by atoms with Gasteiger partial charge < -0.3 is 24.7 Å². The number of ether oxygens (including phenoxy) is 1. The average Bonchev–Trinajstić information content (AvgIpc) is 0.686. The van der Waals surface area contributed by atoms with Crippen LogP contribution < -0.4 is 0 Å². The van der Waals surface area contributed by atoms with E-state index in [4.69, 9.17) is 4.74 Å². The summed E-state index contributed by atoms with van der Waals surface area (Å²) in [6.07, 6.45) is 44.7. The number of hydrogen-bond acceptors (Lipinski definition) is 10. The van der Waals surface area contributed by atoms with Crippen LogP contribution in [-0.2, 0) is 38.3 Å². The van der Waals surface area contributed by atoms with Gasteiger partial charge in [-0.05, 0) is 307 Å². The van der Waals surface area contributed by atoms with Crippen molar-refractivity contribution in [3.63, 3.8) is 0 Å². The van der Waals surface area contributed by atoms with Crippen molar-refractivity contribution < 1.29 is 48.5 Å². The second-order valence-electron chi connectivity index (χ2n) is 42.6. The van der Waals surface area contributed by atoms with E-state index < -0.39 is 5.97 Å². The van der Waals surface area contributed by atoms with Crippen LogP contribution in [-0.4, -0.2) is 87.6 Å².